The Morgan fingerprint density at radius 2 is 1.93 bits per heavy atom. The maximum absolute atomic E-state index is 3.79. The summed E-state index contributed by atoms with van der Waals surface area (Å²) in [6.45, 7) is 2.33. The van der Waals surface area contributed by atoms with Gasteiger partial charge in [-0.25, -0.2) is 0 Å². The molecule has 0 heterocycles. The number of hydrogen-bond acceptors (Lipinski definition) is 0. The van der Waals surface area contributed by atoms with Gasteiger partial charge < -0.3 is 0 Å². The molecule has 0 aromatic heterocycles. The van der Waals surface area contributed by atoms with Crippen LogP contribution in [-0.4, -0.2) is 4.83 Å². The van der Waals surface area contributed by atoms with Gasteiger partial charge in [0.15, 0.2) is 0 Å². The normalized spacial score (nSPS) is 27.4. The lowest BCUT2D eigenvalue weighted by molar-refractivity contribution is 0.701. The Morgan fingerprint density at radius 1 is 1.36 bits per heavy atom. The Balaban J connectivity index is 1.93. The molecule has 1 aromatic carbocycles. The first-order chi connectivity index (χ1) is 6.66. The number of rotatable bonds is 3. The number of benzene rings is 1. The van der Waals surface area contributed by atoms with Crippen LogP contribution >= 0.6 is 31.9 Å². The minimum atomic E-state index is 0.665. The topological polar surface area (TPSA) is 0 Å². The van der Waals surface area contributed by atoms with Crippen molar-refractivity contribution >= 4 is 31.9 Å². The molecule has 3 unspecified atom stereocenters. The predicted octanol–water partition coefficient (Wildman–Crippen LogP) is 4.41. The minimum absolute atomic E-state index is 0.665. The van der Waals surface area contributed by atoms with Crippen LogP contribution in [0.2, 0.25) is 0 Å². The largest absolute Gasteiger partial charge is 0.0884 e. The van der Waals surface area contributed by atoms with E-state index in [0.29, 0.717) is 4.83 Å². The molecule has 1 aromatic rings. The second kappa shape index (κ2) is 4.36. The van der Waals surface area contributed by atoms with Gasteiger partial charge in [-0.3, -0.25) is 0 Å². The average molecular weight is 318 g/mol. The van der Waals surface area contributed by atoms with E-state index >= 15 is 0 Å². The molecular weight excluding hydrogens is 304 g/mol. The summed E-state index contributed by atoms with van der Waals surface area (Å²) in [5, 5.41) is 0. The molecule has 1 aliphatic rings. The van der Waals surface area contributed by atoms with E-state index in [1.54, 1.807) is 0 Å². The van der Waals surface area contributed by atoms with Gasteiger partial charge in [0, 0.05) is 9.30 Å². The van der Waals surface area contributed by atoms with Gasteiger partial charge in [0.25, 0.3) is 0 Å². The lowest BCUT2D eigenvalue weighted by atomic mass is 10.1. The van der Waals surface area contributed by atoms with Crippen molar-refractivity contribution in [3.63, 3.8) is 0 Å². The number of alkyl halides is 1. The highest BCUT2D eigenvalue weighted by Crippen LogP contribution is 2.44. The molecule has 1 aliphatic carbocycles. The van der Waals surface area contributed by atoms with Crippen LogP contribution in [0.1, 0.15) is 18.9 Å². The van der Waals surface area contributed by atoms with Crippen LogP contribution in [0.15, 0.2) is 28.7 Å². The summed E-state index contributed by atoms with van der Waals surface area (Å²) in [5.41, 5.74) is 1.43. The maximum atomic E-state index is 3.79. The Kier molecular flexibility index (Phi) is 3.33. The van der Waals surface area contributed by atoms with Crippen LogP contribution < -0.4 is 0 Å². The third-order valence-electron chi connectivity index (χ3n) is 2.98. The van der Waals surface area contributed by atoms with E-state index in [1.165, 1.54) is 12.0 Å². The summed E-state index contributed by atoms with van der Waals surface area (Å²) in [6, 6.07) is 8.63. The summed E-state index contributed by atoms with van der Waals surface area (Å²) in [6.07, 6.45) is 2.55. The first-order valence-electron chi connectivity index (χ1n) is 5.05. The molecule has 0 nitrogen and oxygen atoms in total. The molecule has 0 spiro atoms. The van der Waals surface area contributed by atoms with Crippen LogP contribution in [0.3, 0.4) is 0 Å². The molecule has 14 heavy (non-hydrogen) atoms. The standard InChI is InChI=1S/C12H14Br2/c1-8-6-11(8)12(14)7-9-2-4-10(13)5-3-9/h2-5,8,11-12H,6-7H2,1H3. The summed E-state index contributed by atoms with van der Waals surface area (Å²) in [5.74, 6) is 1.83. The van der Waals surface area contributed by atoms with Crippen molar-refractivity contribution in [2.24, 2.45) is 11.8 Å². The van der Waals surface area contributed by atoms with Crippen molar-refractivity contribution in [2.45, 2.75) is 24.6 Å². The van der Waals surface area contributed by atoms with Crippen molar-refractivity contribution in [1.82, 2.24) is 0 Å². The Bertz CT molecular complexity index is 305. The number of halogens is 2. The van der Waals surface area contributed by atoms with Crippen LogP contribution in [-0.2, 0) is 6.42 Å². The molecule has 0 N–H and O–H groups in total. The zero-order chi connectivity index (χ0) is 10.1. The molecule has 0 bridgehead atoms. The van der Waals surface area contributed by atoms with Crippen LogP contribution in [0.25, 0.3) is 0 Å². The second-order valence-corrected chi connectivity index (χ2v) is 6.32. The minimum Gasteiger partial charge on any atom is -0.0884 e. The monoisotopic (exact) mass is 316 g/mol. The van der Waals surface area contributed by atoms with E-state index in [0.717, 1.165) is 22.7 Å². The van der Waals surface area contributed by atoms with Crippen molar-refractivity contribution < 1.29 is 0 Å². The smallest absolute Gasteiger partial charge is 0.0217 e. The van der Waals surface area contributed by atoms with Crippen LogP contribution in [0, 0.1) is 11.8 Å². The lowest BCUT2D eigenvalue weighted by Crippen LogP contribution is -2.06. The highest BCUT2D eigenvalue weighted by Gasteiger charge is 2.37. The highest BCUT2D eigenvalue weighted by molar-refractivity contribution is 9.10. The van der Waals surface area contributed by atoms with E-state index in [9.17, 15) is 0 Å². The molecule has 0 radical (unpaired) electrons. The fourth-order valence-electron chi connectivity index (χ4n) is 1.85. The van der Waals surface area contributed by atoms with E-state index in [4.69, 9.17) is 0 Å². The molecule has 0 aliphatic heterocycles. The summed E-state index contributed by atoms with van der Waals surface area (Å²) < 4.78 is 1.16. The third kappa shape index (κ3) is 2.60. The second-order valence-electron chi connectivity index (χ2n) is 4.22. The molecule has 76 valence electrons. The van der Waals surface area contributed by atoms with Gasteiger partial charge in [-0.2, -0.15) is 0 Å². The molecule has 3 atom stereocenters. The number of hydrogen-bond donors (Lipinski definition) is 0. The van der Waals surface area contributed by atoms with Crippen molar-refractivity contribution in [3.05, 3.63) is 34.3 Å². The van der Waals surface area contributed by atoms with E-state index in [1.807, 2.05) is 0 Å². The molecule has 2 rings (SSSR count). The Hall–Kier alpha value is 0.180. The van der Waals surface area contributed by atoms with Gasteiger partial charge in [0.1, 0.15) is 0 Å². The van der Waals surface area contributed by atoms with Gasteiger partial charge in [-0.05, 0) is 42.4 Å². The van der Waals surface area contributed by atoms with Gasteiger partial charge in [0.05, 0.1) is 0 Å². The van der Waals surface area contributed by atoms with Crippen molar-refractivity contribution in [1.29, 1.82) is 0 Å². The Morgan fingerprint density at radius 3 is 2.43 bits per heavy atom. The first kappa shape index (κ1) is 10.7. The average Bonchev–Trinajstić information content (AvgIpc) is 2.87. The lowest BCUT2D eigenvalue weighted by Gasteiger charge is -2.08. The van der Waals surface area contributed by atoms with E-state index in [-0.39, 0.29) is 0 Å². The van der Waals surface area contributed by atoms with Gasteiger partial charge >= 0.3 is 0 Å². The summed E-state index contributed by atoms with van der Waals surface area (Å²) in [4.78, 5) is 0.665. The zero-order valence-electron chi connectivity index (χ0n) is 8.21. The van der Waals surface area contributed by atoms with Crippen LogP contribution in [0.4, 0.5) is 0 Å². The molecule has 2 heteroatoms. The molecule has 0 saturated heterocycles. The summed E-state index contributed by atoms with van der Waals surface area (Å²) in [7, 11) is 0. The molecular formula is C12H14Br2. The van der Waals surface area contributed by atoms with E-state index in [2.05, 4.69) is 63.0 Å². The predicted molar refractivity (Wildman–Crippen MR) is 67.8 cm³/mol. The van der Waals surface area contributed by atoms with Crippen LogP contribution in [0.5, 0.6) is 0 Å². The SMILES string of the molecule is CC1CC1C(Br)Cc1ccc(Br)cc1. The van der Waals surface area contributed by atoms with Crippen molar-refractivity contribution in [2.75, 3.05) is 0 Å². The molecule has 1 saturated carbocycles. The zero-order valence-corrected chi connectivity index (χ0v) is 11.4. The highest BCUT2D eigenvalue weighted by atomic mass is 79.9. The fraction of sp³-hybridized carbons (Fsp3) is 0.500. The first-order valence-corrected chi connectivity index (χ1v) is 6.76. The third-order valence-corrected chi connectivity index (χ3v) is 4.51. The van der Waals surface area contributed by atoms with Crippen molar-refractivity contribution in [3.8, 4) is 0 Å². The fourth-order valence-corrected chi connectivity index (χ4v) is 3.23. The quantitative estimate of drug-likeness (QED) is 0.724. The molecule has 0 amide bonds. The van der Waals surface area contributed by atoms with Gasteiger partial charge in [0.2, 0.25) is 0 Å². The van der Waals surface area contributed by atoms with Gasteiger partial charge in [-0.1, -0.05) is 50.9 Å². The van der Waals surface area contributed by atoms with Gasteiger partial charge in [-0.15, -0.1) is 0 Å². The summed E-state index contributed by atoms with van der Waals surface area (Å²) >= 11 is 7.24. The van der Waals surface area contributed by atoms with E-state index < -0.39 is 0 Å². The molecule has 1 fully saturated rings. The Labute approximate surface area is 102 Å². The maximum Gasteiger partial charge on any atom is 0.0217 e.